The van der Waals surface area contributed by atoms with Crippen molar-refractivity contribution in [2.45, 2.75) is 25.6 Å². The Morgan fingerprint density at radius 3 is 2.76 bits per heavy atom. The van der Waals surface area contributed by atoms with Gasteiger partial charge in [-0.05, 0) is 46.3 Å². The van der Waals surface area contributed by atoms with Crippen LogP contribution in [0.1, 0.15) is 5.56 Å². The molecule has 0 N–H and O–H groups in total. The highest BCUT2D eigenvalue weighted by Crippen LogP contribution is 2.13. The van der Waals surface area contributed by atoms with Crippen LogP contribution in [0.2, 0.25) is 19.1 Å². The minimum Gasteiger partial charge on any atom is -0.466 e. The van der Waals surface area contributed by atoms with E-state index in [2.05, 4.69) is 13.1 Å². The van der Waals surface area contributed by atoms with E-state index in [9.17, 15) is 9.18 Å². The third-order valence-electron chi connectivity index (χ3n) is 2.31. The molecule has 0 fully saturated rings. The minimum atomic E-state index is -0.683. The number of benzene rings is 1. The zero-order valence-corrected chi connectivity index (χ0v) is 13.3. The van der Waals surface area contributed by atoms with Crippen LogP contribution in [0.4, 0.5) is 4.39 Å². The number of esters is 1. The first-order chi connectivity index (χ1) is 7.99. The van der Waals surface area contributed by atoms with Crippen molar-refractivity contribution in [1.29, 1.82) is 0 Å². The van der Waals surface area contributed by atoms with Gasteiger partial charge in [0.15, 0.2) is 0 Å². The molecule has 0 unspecified atom stereocenters. The van der Waals surface area contributed by atoms with E-state index >= 15 is 0 Å². The fraction of sp³-hybridized carbons (Fsp3) is 0.417. The van der Waals surface area contributed by atoms with Gasteiger partial charge in [0.2, 0.25) is 0 Å². The van der Waals surface area contributed by atoms with Crippen molar-refractivity contribution >= 4 is 37.4 Å². The summed E-state index contributed by atoms with van der Waals surface area (Å²) < 4.78 is 19.3. The average molecular weight is 366 g/mol. The van der Waals surface area contributed by atoms with Gasteiger partial charge in [-0.2, -0.15) is 0 Å². The number of carbonyl (C=O) groups is 1. The molecule has 0 bridgehead atoms. The number of rotatable bonds is 5. The van der Waals surface area contributed by atoms with Gasteiger partial charge in [-0.25, -0.2) is 4.39 Å². The maximum atomic E-state index is 13.5. The summed E-state index contributed by atoms with van der Waals surface area (Å²) in [6.07, 6.45) is 0.0163. The molecule has 0 atom stereocenters. The van der Waals surface area contributed by atoms with Gasteiger partial charge in [0, 0.05) is 12.4 Å². The average Bonchev–Trinajstić information content (AvgIpc) is 2.21. The molecule has 17 heavy (non-hydrogen) atoms. The van der Waals surface area contributed by atoms with Crippen molar-refractivity contribution in [3.05, 3.63) is 33.1 Å². The standard InChI is InChI=1S/C12H16FIO2Si/c1-17(2)6-5-16-12(15)7-9-3-4-10(14)8-11(9)13/h3-4,8,17H,5-7H2,1-2H3. The van der Waals surface area contributed by atoms with Crippen LogP contribution in [0, 0.1) is 9.39 Å². The second-order valence-electron chi connectivity index (χ2n) is 4.32. The lowest BCUT2D eigenvalue weighted by molar-refractivity contribution is -0.142. The molecule has 5 heteroatoms. The maximum absolute atomic E-state index is 13.5. The van der Waals surface area contributed by atoms with Gasteiger partial charge in [-0.15, -0.1) is 0 Å². The summed E-state index contributed by atoms with van der Waals surface area (Å²) in [5.41, 5.74) is 0.400. The fourth-order valence-electron chi connectivity index (χ4n) is 1.28. The van der Waals surface area contributed by atoms with Crippen LogP contribution in [-0.2, 0) is 16.0 Å². The van der Waals surface area contributed by atoms with Crippen LogP contribution in [0.3, 0.4) is 0 Å². The van der Waals surface area contributed by atoms with Gasteiger partial charge in [0.1, 0.15) is 5.82 Å². The Hall–Kier alpha value is -0.433. The second-order valence-corrected chi connectivity index (χ2v) is 8.93. The lowest BCUT2D eigenvalue weighted by atomic mass is 10.1. The van der Waals surface area contributed by atoms with Gasteiger partial charge in [-0.3, -0.25) is 4.79 Å². The van der Waals surface area contributed by atoms with Crippen LogP contribution in [0.15, 0.2) is 18.2 Å². The van der Waals surface area contributed by atoms with Crippen molar-refractivity contribution in [1.82, 2.24) is 0 Å². The topological polar surface area (TPSA) is 26.3 Å². The zero-order valence-electron chi connectivity index (χ0n) is 10.0. The molecule has 0 saturated carbocycles. The lowest BCUT2D eigenvalue weighted by Gasteiger charge is -2.07. The molecule has 0 spiro atoms. The highest BCUT2D eigenvalue weighted by atomic mass is 127. The molecule has 0 aliphatic heterocycles. The number of carbonyl (C=O) groups excluding carboxylic acids is 1. The number of ether oxygens (including phenoxy) is 1. The first-order valence-electron chi connectivity index (χ1n) is 5.58. The largest absolute Gasteiger partial charge is 0.466 e. The van der Waals surface area contributed by atoms with E-state index in [4.69, 9.17) is 4.74 Å². The monoisotopic (exact) mass is 366 g/mol. The van der Waals surface area contributed by atoms with Crippen molar-refractivity contribution < 1.29 is 13.9 Å². The summed E-state index contributed by atoms with van der Waals surface area (Å²) in [5.74, 6) is -0.688. The number of hydrogen-bond acceptors (Lipinski definition) is 2. The van der Waals surface area contributed by atoms with Gasteiger partial charge >= 0.3 is 5.97 Å². The summed E-state index contributed by atoms with van der Waals surface area (Å²) in [7, 11) is -0.683. The van der Waals surface area contributed by atoms with E-state index in [1.165, 1.54) is 6.07 Å². The molecule has 0 saturated heterocycles. The third-order valence-corrected chi connectivity index (χ3v) is 4.37. The van der Waals surface area contributed by atoms with Gasteiger partial charge < -0.3 is 4.74 Å². The lowest BCUT2D eigenvalue weighted by Crippen LogP contribution is -2.13. The predicted molar refractivity (Wildman–Crippen MR) is 77.5 cm³/mol. The Balaban J connectivity index is 2.45. The smallest absolute Gasteiger partial charge is 0.310 e. The van der Waals surface area contributed by atoms with Crippen molar-refractivity contribution in [2.75, 3.05) is 6.61 Å². The quantitative estimate of drug-likeness (QED) is 0.455. The van der Waals surface area contributed by atoms with Gasteiger partial charge in [0.05, 0.1) is 13.0 Å². The number of halogens is 2. The van der Waals surface area contributed by atoms with E-state index in [0.29, 0.717) is 12.2 Å². The molecular weight excluding hydrogens is 350 g/mol. The molecule has 0 radical (unpaired) electrons. The van der Waals surface area contributed by atoms with Gasteiger partial charge in [0.25, 0.3) is 0 Å². The zero-order chi connectivity index (χ0) is 12.8. The molecule has 0 aromatic heterocycles. The molecule has 1 aromatic rings. The van der Waals surface area contributed by atoms with E-state index in [1.54, 1.807) is 12.1 Å². The summed E-state index contributed by atoms with van der Waals surface area (Å²) in [5, 5.41) is 0. The van der Waals surface area contributed by atoms with E-state index in [0.717, 1.165) is 9.61 Å². The van der Waals surface area contributed by atoms with Crippen LogP contribution in [0.25, 0.3) is 0 Å². The van der Waals surface area contributed by atoms with Crippen molar-refractivity contribution in [3.8, 4) is 0 Å². The summed E-state index contributed by atoms with van der Waals surface area (Å²) in [6, 6.07) is 5.81. The highest BCUT2D eigenvalue weighted by Gasteiger charge is 2.10. The van der Waals surface area contributed by atoms with E-state index < -0.39 is 8.80 Å². The minimum absolute atomic E-state index is 0.0163. The first-order valence-corrected chi connectivity index (χ1v) is 9.79. The molecule has 2 nitrogen and oxygen atoms in total. The van der Waals surface area contributed by atoms with Gasteiger partial charge in [-0.1, -0.05) is 19.2 Å². The Morgan fingerprint density at radius 1 is 1.47 bits per heavy atom. The van der Waals surface area contributed by atoms with Crippen molar-refractivity contribution in [2.24, 2.45) is 0 Å². The molecule has 0 heterocycles. The molecule has 94 valence electrons. The maximum Gasteiger partial charge on any atom is 0.310 e. The highest BCUT2D eigenvalue weighted by molar-refractivity contribution is 14.1. The number of hydrogen-bond donors (Lipinski definition) is 0. The van der Waals surface area contributed by atoms with E-state index in [-0.39, 0.29) is 18.2 Å². The molecule has 1 aromatic carbocycles. The van der Waals surface area contributed by atoms with Crippen LogP contribution < -0.4 is 0 Å². The Bertz CT molecular complexity index is 396. The predicted octanol–water partition coefficient (Wildman–Crippen LogP) is 3.00. The summed E-state index contributed by atoms with van der Waals surface area (Å²) in [4.78, 5) is 11.5. The van der Waals surface area contributed by atoms with E-state index in [1.807, 2.05) is 22.6 Å². The Morgan fingerprint density at radius 2 is 2.18 bits per heavy atom. The van der Waals surface area contributed by atoms with Crippen LogP contribution in [0.5, 0.6) is 0 Å². The Kier molecular flexibility index (Phi) is 6.11. The van der Waals surface area contributed by atoms with Crippen molar-refractivity contribution in [3.63, 3.8) is 0 Å². The third kappa shape index (κ3) is 5.63. The summed E-state index contributed by atoms with van der Waals surface area (Å²) >= 11 is 2.03. The van der Waals surface area contributed by atoms with Crippen LogP contribution >= 0.6 is 22.6 Å². The molecule has 0 amide bonds. The molecule has 1 rings (SSSR count). The fourth-order valence-corrected chi connectivity index (χ4v) is 2.32. The molecular formula is C12H16FIO2Si. The second kappa shape index (κ2) is 7.10. The summed E-state index contributed by atoms with van der Waals surface area (Å²) in [6.45, 7) is 4.87. The molecule has 0 aliphatic rings. The molecule has 0 aliphatic carbocycles. The Labute approximate surface area is 116 Å². The van der Waals surface area contributed by atoms with Crippen LogP contribution in [-0.4, -0.2) is 21.4 Å². The SMILES string of the molecule is C[SiH](C)CCOC(=O)Cc1ccc(I)cc1F. The normalized spacial score (nSPS) is 10.6. The first kappa shape index (κ1) is 14.6.